The van der Waals surface area contributed by atoms with Gasteiger partial charge in [0.25, 0.3) is 0 Å². The molecule has 0 aliphatic rings. The minimum atomic E-state index is 0.618. The van der Waals surface area contributed by atoms with Gasteiger partial charge in [-0.25, -0.2) is 0 Å². The normalized spacial score (nSPS) is 11.8. The van der Waals surface area contributed by atoms with E-state index in [4.69, 9.17) is 5.73 Å². The molecule has 3 aromatic rings. The summed E-state index contributed by atoms with van der Waals surface area (Å²) < 4.78 is 1.58. The number of fused-ring (bicyclic) bond motifs is 1. The summed E-state index contributed by atoms with van der Waals surface area (Å²) in [7, 11) is 0. The zero-order chi connectivity index (χ0) is 13.9. The van der Waals surface area contributed by atoms with Gasteiger partial charge in [-0.2, -0.15) is 9.62 Å². The number of nitrogens with two attached hydrogens (primary N) is 1. The number of nitrogen functional groups attached to an aromatic ring is 1. The van der Waals surface area contributed by atoms with Gasteiger partial charge in [-0.15, -0.1) is 15.3 Å². The van der Waals surface area contributed by atoms with Crippen molar-refractivity contribution < 1.29 is 0 Å². The number of nitrogens with zero attached hydrogens (tertiary/aromatic N) is 5. The SMILES string of the molecule is C/C(=N/Nc1ccc2nncn2n1)c1ccc(N)cc1. The monoisotopic (exact) mass is 267 g/mol. The number of hydrogen-bond acceptors (Lipinski definition) is 6. The first-order chi connectivity index (χ1) is 9.72. The molecule has 2 aromatic heterocycles. The Morgan fingerprint density at radius 3 is 2.80 bits per heavy atom. The quantitative estimate of drug-likeness (QED) is 0.426. The fourth-order valence-electron chi connectivity index (χ4n) is 1.72. The van der Waals surface area contributed by atoms with E-state index in [-0.39, 0.29) is 0 Å². The van der Waals surface area contributed by atoms with Gasteiger partial charge in [0.05, 0.1) is 5.71 Å². The van der Waals surface area contributed by atoms with Gasteiger partial charge in [-0.1, -0.05) is 12.1 Å². The summed E-state index contributed by atoms with van der Waals surface area (Å²) in [5.41, 5.74) is 11.8. The van der Waals surface area contributed by atoms with E-state index >= 15 is 0 Å². The molecule has 20 heavy (non-hydrogen) atoms. The van der Waals surface area contributed by atoms with Crippen LogP contribution in [0.2, 0.25) is 0 Å². The second kappa shape index (κ2) is 4.96. The Hall–Kier alpha value is -2.96. The summed E-state index contributed by atoms with van der Waals surface area (Å²) in [5, 5.41) is 16.2. The minimum Gasteiger partial charge on any atom is -0.399 e. The van der Waals surface area contributed by atoms with Gasteiger partial charge < -0.3 is 5.73 Å². The highest BCUT2D eigenvalue weighted by Gasteiger charge is 2.00. The van der Waals surface area contributed by atoms with Crippen LogP contribution in [0.3, 0.4) is 0 Å². The molecule has 7 heteroatoms. The molecule has 1 aromatic carbocycles. The van der Waals surface area contributed by atoms with Crippen molar-refractivity contribution in [3.05, 3.63) is 48.3 Å². The van der Waals surface area contributed by atoms with Crippen molar-refractivity contribution in [1.82, 2.24) is 19.8 Å². The molecule has 0 aliphatic heterocycles. The highest BCUT2D eigenvalue weighted by molar-refractivity contribution is 5.99. The Bertz CT molecular complexity index is 758. The van der Waals surface area contributed by atoms with Crippen LogP contribution >= 0.6 is 0 Å². The molecule has 0 fully saturated rings. The smallest absolute Gasteiger partial charge is 0.177 e. The van der Waals surface area contributed by atoms with E-state index < -0.39 is 0 Å². The van der Waals surface area contributed by atoms with Crippen LogP contribution in [-0.2, 0) is 0 Å². The zero-order valence-electron chi connectivity index (χ0n) is 10.9. The lowest BCUT2D eigenvalue weighted by Gasteiger charge is -2.03. The van der Waals surface area contributed by atoms with Crippen LogP contribution in [0.1, 0.15) is 12.5 Å². The van der Waals surface area contributed by atoms with Gasteiger partial charge in [0.2, 0.25) is 0 Å². The first-order valence-corrected chi connectivity index (χ1v) is 6.06. The fraction of sp³-hybridized carbons (Fsp3) is 0.0769. The molecule has 3 rings (SSSR count). The van der Waals surface area contributed by atoms with E-state index in [0.29, 0.717) is 11.5 Å². The maximum atomic E-state index is 5.65. The van der Waals surface area contributed by atoms with Crippen LogP contribution in [0, 0.1) is 0 Å². The van der Waals surface area contributed by atoms with E-state index in [1.165, 1.54) is 6.33 Å². The van der Waals surface area contributed by atoms with Gasteiger partial charge in [0.1, 0.15) is 6.33 Å². The molecule has 0 unspecified atom stereocenters. The Kier molecular flexibility index (Phi) is 3.00. The number of anilines is 2. The summed E-state index contributed by atoms with van der Waals surface area (Å²) in [5.74, 6) is 0.618. The van der Waals surface area contributed by atoms with Crippen molar-refractivity contribution in [2.75, 3.05) is 11.2 Å². The van der Waals surface area contributed by atoms with Crippen LogP contribution in [-0.4, -0.2) is 25.5 Å². The number of hydrogen-bond donors (Lipinski definition) is 2. The average molecular weight is 267 g/mol. The van der Waals surface area contributed by atoms with Crippen molar-refractivity contribution >= 4 is 22.9 Å². The molecule has 0 amide bonds. The lowest BCUT2D eigenvalue weighted by atomic mass is 10.1. The number of rotatable bonds is 3. The summed E-state index contributed by atoms with van der Waals surface area (Å²) >= 11 is 0. The Labute approximate surface area is 115 Å². The molecular formula is C13H13N7. The molecule has 0 bridgehead atoms. The predicted octanol–water partition coefficient (Wildman–Crippen LogP) is 1.54. The number of aromatic nitrogens is 4. The molecule has 3 N–H and O–H groups in total. The molecule has 0 saturated carbocycles. The molecule has 0 atom stereocenters. The maximum absolute atomic E-state index is 5.65. The van der Waals surface area contributed by atoms with Crippen molar-refractivity contribution in [3.8, 4) is 0 Å². The number of benzene rings is 1. The van der Waals surface area contributed by atoms with E-state index in [2.05, 4.69) is 25.8 Å². The Balaban J connectivity index is 1.80. The van der Waals surface area contributed by atoms with E-state index in [1.807, 2.05) is 37.3 Å². The molecule has 7 nitrogen and oxygen atoms in total. The topological polar surface area (TPSA) is 93.5 Å². The second-order valence-electron chi connectivity index (χ2n) is 4.28. The molecular weight excluding hydrogens is 254 g/mol. The molecule has 100 valence electrons. The van der Waals surface area contributed by atoms with Crippen molar-refractivity contribution in [1.29, 1.82) is 0 Å². The lowest BCUT2D eigenvalue weighted by molar-refractivity contribution is 0.924. The Morgan fingerprint density at radius 2 is 2.00 bits per heavy atom. The standard InChI is InChI=1S/C13H13N7/c1-9(10-2-4-11(14)5-3-10)16-17-12-6-7-13-18-15-8-20(13)19-12/h2-8H,14H2,1H3,(H,17,19)/b16-9-. The molecule has 0 radical (unpaired) electrons. The predicted molar refractivity (Wildman–Crippen MR) is 77.5 cm³/mol. The van der Waals surface area contributed by atoms with Crippen molar-refractivity contribution in [2.24, 2.45) is 5.10 Å². The average Bonchev–Trinajstić information content (AvgIpc) is 2.93. The van der Waals surface area contributed by atoms with Crippen molar-refractivity contribution in [2.45, 2.75) is 6.92 Å². The number of nitrogens with one attached hydrogen (secondary N) is 1. The van der Waals surface area contributed by atoms with Crippen LogP contribution < -0.4 is 11.2 Å². The van der Waals surface area contributed by atoms with E-state index in [9.17, 15) is 0 Å². The fourth-order valence-corrected chi connectivity index (χ4v) is 1.72. The van der Waals surface area contributed by atoms with Gasteiger partial charge in [-0.3, -0.25) is 5.43 Å². The highest BCUT2D eigenvalue weighted by Crippen LogP contribution is 2.08. The van der Waals surface area contributed by atoms with Crippen LogP contribution in [0.5, 0.6) is 0 Å². The summed E-state index contributed by atoms with van der Waals surface area (Å²) in [6, 6.07) is 11.1. The summed E-state index contributed by atoms with van der Waals surface area (Å²) in [6.45, 7) is 1.91. The van der Waals surface area contributed by atoms with E-state index in [0.717, 1.165) is 17.0 Å². The second-order valence-corrected chi connectivity index (χ2v) is 4.28. The molecule has 2 heterocycles. The summed E-state index contributed by atoms with van der Waals surface area (Å²) in [6.07, 6.45) is 1.54. The molecule has 0 spiro atoms. The largest absolute Gasteiger partial charge is 0.399 e. The van der Waals surface area contributed by atoms with E-state index in [1.54, 1.807) is 10.6 Å². The third-order valence-electron chi connectivity index (χ3n) is 2.83. The third kappa shape index (κ3) is 2.41. The summed E-state index contributed by atoms with van der Waals surface area (Å²) in [4.78, 5) is 0. The third-order valence-corrected chi connectivity index (χ3v) is 2.83. The first kappa shape index (κ1) is 12.1. The van der Waals surface area contributed by atoms with Gasteiger partial charge in [-0.05, 0) is 36.8 Å². The minimum absolute atomic E-state index is 0.618. The van der Waals surface area contributed by atoms with Gasteiger partial charge >= 0.3 is 0 Å². The number of hydrazone groups is 1. The highest BCUT2D eigenvalue weighted by atomic mass is 15.4. The van der Waals surface area contributed by atoms with Crippen LogP contribution in [0.4, 0.5) is 11.5 Å². The molecule has 0 aliphatic carbocycles. The molecule has 0 saturated heterocycles. The zero-order valence-corrected chi connectivity index (χ0v) is 10.9. The lowest BCUT2D eigenvalue weighted by Crippen LogP contribution is -2.02. The maximum Gasteiger partial charge on any atom is 0.177 e. The van der Waals surface area contributed by atoms with Crippen LogP contribution in [0.15, 0.2) is 47.8 Å². The first-order valence-electron chi connectivity index (χ1n) is 6.06. The van der Waals surface area contributed by atoms with Crippen molar-refractivity contribution in [3.63, 3.8) is 0 Å². The Morgan fingerprint density at radius 1 is 1.20 bits per heavy atom. The van der Waals surface area contributed by atoms with Gasteiger partial charge in [0.15, 0.2) is 11.5 Å². The van der Waals surface area contributed by atoms with Crippen LogP contribution in [0.25, 0.3) is 5.65 Å². The van der Waals surface area contributed by atoms with Gasteiger partial charge in [0, 0.05) is 5.69 Å².